The van der Waals surface area contributed by atoms with Gasteiger partial charge in [-0.2, -0.15) is 0 Å². The van der Waals surface area contributed by atoms with Gasteiger partial charge in [0.05, 0.1) is 0 Å². The number of esters is 5. The highest BCUT2D eigenvalue weighted by Gasteiger charge is 2.30. The number of nitrogens with zero attached hydrogens (tertiary/aromatic N) is 1. The maximum Gasteiger partial charge on any atom is 0.352 e. The zero-order valence-electron chi connectivity index (χ0n) is 21.0. The van der Waals surface area contributed by atoms with E-state index in [1.165, 1.54) is 38.1 Å². The Bertz CT molecular complexity index is 1050. The molecule has 38 heavy (non-hydrogen) atoms. The minimum Gasteiger partial charge on any atom is -0.449 e. The van der Waals surface area contributed by atoms with E-state index < -0.39 is 66.0 Å². The van der Waals surface area contributed by atoms with Crippen LogP contribution in [0, 0.1) is 10.1 Å². The second-order valence-corrected chi connectivity index (χ2v) is 7.49. The maximum atomic E-state index is 12.2. The SMILES string of the molecule is CC(=O)Nc1ccc(OC(=O)C(C)OC(=O)C(C)OC(=O)C(C)OC(=O)C(C)OC(=O)CO[N+](=O)[O-])cc1. The summed E-state index contributed by atoms with van der Waals surface area (Å²) in [6, 6.07) is 5.80. The molecule has 1 aromatic carbocycles. The fourth-order valence-electron chi connectivity index (χ4n) is 2.35. The molecule has 1 N–H and O–H groups in total. The van der Waals surface area contributed by atoms with Crippen LogP contribution >= 0.6 is 0 Å². The van der Waals surface area contributed by atoms with Gasteiger partial charge in [0.25, 0.3) is 5.09 Å². The van der Waals surface area contributed by atoms with E-state index in [2.05, 4.69) is 14.9 Å². The molecule has 4 unspecified atom stereocenters. The van der Waals surface area contributed by atoms with Gasteiger partial charge in [-0.1, -0.05) is 0 Å². The highest BCUT2D eigenvalue weighted by Crippen LogP contribution is 2.17. The van der Waals surface area contributed by atoms with Gasteiger partial charge in [0.1, 0.15) is 5.75 Å². The van der Waals surface area contributed by atoms with E-state index in [1.54, 1.807) is 0 Å². The number of carbonyl (C=O) groups is 6. The van der Waals surface area contributed by atoms with Crippen LogP contribution in [-0.2, 0) is 52.6 Å². The van der Waals surface area contributed by atoms with Crippen molar-refractivity contribution in [2.75, 3.05) is 11.9 Å². The summed E-state index contributed by atoms with van der Waals surface area (Å²) in [4.78, 5) is 84.7. The van der Waals surface area contributed by atoms with E-state index in [4.69, 9.17) is 18.9 Å². The molecule has 1 rings (SSSR count). The topological polar surface area (TPSA) is 213 Å². The molecule has 0 saturated carbocycles. The minimum atomic E-state index is -1.54. The molecular formula is C22H26N2O14. The third-order valence-electron chi connectivity index (χ3n) is 4.20. The largest absolute Gasteiger partial charge is 0.449 e. The molecule has 0 aliphatic carbocycles. The van der Waals surface area contributed by atoms with E-state index in [9.17, 15) is 38.9 Å². The molecule has 0 spiro atoms. The van der Waals surface area contributed by atoms with Crippen LogP contribution in [0.5, 0.6) is 5.75 Å². The number of nitrogens with one attached hydrogen (secondary N) is 1. The van der Waals surface area contributed by atoms with Gasteiger partial charge < -0.3 is 33.8 Å². The molecule has 0 aliphatic rings. The third kappa shape index (κ3) is 11.3. The molecule has 0 bridgehead atoms. The first-order valence-corrected chi connectivity index (χ1v) is 10.9. The molecule has 208 valence electrons. The lowest BCUT2D eigenvalue weighted by atomic mass is 10.3. The van der Waals surface area contributed by atoms with Crippen LogP contribution in [0.3, 0.4) is 0 Å². The molecule has 1 aromatic rings. The van der Waals surface area contributed by atoms with Crippen molar-refractivity contribution in [2.45, 2.75) is 59.0 Å². The Hall–Kier alpha value is -4.76. The second kappa shape index (κ2) is 14.7. The first-order chi connectivity index (χ1) is 17.7. The van der Waals surface area contributed by atoms with Crippen molar-refractivity contribution in [3.8, 4) is 5.75 Å². The average molecular weight is 542 g/mol. The summed E-state index contributed by atoms with van der Waals surface area (Å²) in [5.74, 6) is -5.77. The quantitative estimate of drug-likeness (QED) is 0.118. The maximum absolute atomic E-state index is 12.2. The van der Waals surface area contributed by atoms with Gasteiger partial charge in [-0.3, -0.25) is 4.79 Å². The van der Waals surface area contributed by atoms with E-state index in [0.29, 0.717) is 5.69 Å². The lowest BCUT2D eigenvalue weighted by Crippen LogP contribution is -2.38. The zero-order valence-corrected chi connectivity index (χ0v) is 21.0. The summed E-state index contributed by atoms with van der Waals surface area (Å²) < 4.78 is 24.2. The smallest absolute Gasteiger partial charge is 0.352 e. The fraction of sp³-hybridized carbons (Fsp3) is 0.455. The van der Waals surface area contributed by atoms with Gasteiger partial charge in [0, 0.05) is 12.6 Å². The molecule has 0 aromatic heterocycles. The third-order valence-corrected chi connectivity index (χ3v) is 4.20. The number of ether oxygens (including phenoxy) is 5. The van der Waals surface area contributed by atoms with Crippen LogP contribution in [0.15, 0.2) is 24.3 Å². The minimum absolute atomic E-state index is 0.118. The van der Waals surface area contributed by atoms with Crippen molar-refractivity contribution >= 4 is 41.4 Å². The molecule has 1 amide bonds. The lowest BCUT2D eigenvalue weighted by Gasteiger charge is -2.19. The van der Waals surface area contributed by atoms with Crippen molar-refractivity contribution in [1.82, 2.24) is 0 Å². The van der Waals surface area contributed by atoms with E-state index in [0.717, 1.165) is 20.8 Å². The van der Waals surface area contributed by atoms with Crippen LogP contribution in [0.2, 0.25) is 0 Å². The lowest BCUT2D eigenvalue weighted by molar-refractivity contribution is -0.754. The Balaban J connectivity index is 2.51. The Morgan fingerprint density at radius 1 is 0.763 bits per heavy atom. The summed E-state index contributed by atoms with van der Waals surface area (Å²) in [6.45, 7) is 4.84. The van der Waals surface area contributed by atoms with Gasteiger partial charge in [-0.05, 0) is 52.0 Å². The Morgan fingerprint density at radius 3 is 1.61 bits per heavy atom. The highest BCUT2D eigenvalue weighted by atomic mass is 17.0. The predicted molar refractivity (Wildman–Crippen MR) is 122 cm³/mol. The van der Waals surface area contributed by atoms with Crippen LogP contribution in [0.25, 0.3) is 0 Å². The number of anilines is 1. The number of benzene rings is 1. The van der Waals surface area contributed by atoms with Gasteiger partial charge in [0.15, 0.2) is 31.0 Å². The van der Waals surface area contributed by atoms with Crippen LogP contribution < -0.4 is 10.1 Å². The van der Waals surface area contributed by atoms with Crippen LogP contribution in [-0.4, -0.2) is 71.9 Å². The van der Waals surface area contributed by atoms with Gasteiger partial charge in [-0.15, -0.1) is 10.1 Å². The number of rotatable bonds is 13. The molecule has 4 atom stereocenters. The summed E-state index contributed by atoms with van der Waals surface area (Å²) in [5, 5.41) is 11.4. The molecule has 16 heteroatoms. The van der Waals surface area contributed by atoms with Crippen LogP contribution in [0.4, 0.5) is 5.69 Å². The van der Waals surface area contributed by atoms with Crippen molar-refractivity contribution in [3.05, 3.63) is 34.4 Å². The molecule has 0 fully saturated rings. The fourth-order valence-corrected chi connectivity index (χ4v) is 2.35. The predicted octanol–water partition coefficient (Wildman–Crippen LogP) is 0.486. The Kier molecular flexibility index (Phi) is 12.1. The average Bonchev–Trinajstić information content (AvgIpc) is 2.83. The number of hydrogen-bond acceptors (Lipinski definition) is 14. The summed E-state index contributed by atoms with van der Waals surface area (Å²) in [6.07, 6.45) is -5.98. The van der Waals surface area contributed by atoms with E-state index >= 15 is 0 Å². The molecule has 0 radical (unpaired) electrons. The van der Waals surface area contributed by atoms with Gasteiger partial charge in [-0.25, -0.2) is 24.0 Å². The van der Waals surface area contributed by atoms with Crippen LogP contribution in [0.1, 0.15) is 34.6 Å². The van der Waals surface area contributed by atoms with Crippen molar-refractivity contribution in [3.63, 3.8) is 0 Å². The Morgan fingerprint density at radius 2 is 1.18 bits per heavy atom. The molecule has 0 aliphatic heterocycles. The van der Waals surface area contributed by atoms with Crippen molar-refractivity contribution in [1.29, 1.82) is 0 Å². The summed E-state index contributed by atoms with van der Waals surface area (Å²) in [7, 11) is 0. The molecular weight excluding hydrogens is 516 g/mol. The Labute approximate surface area is 215 Å². The molecule has 0 heterocycles. The number of carbonyl (C=O) groups excluding carboxylic acids is 6. The van der Waals surface area contributed by atoms with Gasteiger partial charge >= 0.3 is 29.8 Å². The monoisotopic (exact) mass is 542 g/mol. The first-order valence-electron chi connectivity index (χ1n) is 10.9. The number of amides is 1. The first kappa shape index (κ1) is 31.3. The van der Waals surface area contributed by atoms with Gasteiger partial charge in [0.2, 0.25) is 5.91 Å². The molecule has 0 saturated heterocycles. The van der Waals surface area contributed by atoms with E-state index in [1.807, 2.05) is 0 Å². The summed E-state index contributed by atoms with van der Waals surface area (Å²) in [5.41, 5.74) is 0.477. The summed E-state index contributed by atoms with van der Waals surface area (Å²) >= 11 is 0. The van der Waals surface area contributed by atoms with Crippen molar-refractivity contribution < 1.29 is 62.4 Å². The zero-order chi connectivity index (χ0) is 29.0. The standard InChI is InChI=1S/C22H26N2O14/c1-11(34-18(26)10-33-24(31)32)19(27)35-12(2)20(28)36-13(3)21(29)37-14(4)22(30)38-17-8-6-16(7-9-17)23-15(5)25/h6-9,11-14H,10H2,1-5H3,(H,23,25). The normalized spacial score (nSPS) is 13.4. The highest BCUT2D eigenvalue weighted by molar-refractivity contribution is 5.89. The number of hydrogen-bond donors (Lipinski definition) is 1. The van der Waals surface area contributed by atoms with E-state index in [-0.39, 0.29) is 11.7 Å². The molecule has 16 nitrogen and oxygen atoms in total. The second-order valence-electron chi connectivity index (χ2n) is 7.49. The van der Waals surface area contributed by atoms with Crippen molar-refractivity contribution in [2.24, 2.45) is 0 Å².